The van der Waals surface area contributed by atoms with Crippen molar-refractivity contribution in [2.75, 3.05) is 38.0 Å². The number of nitrogens with one attached hydrogen (secondary N) is 3. The number of carbonyl (C=O) groups excluding carboxylic acids is 2. The van der Waals surface area contributed by atoms with Crippen molar-refractivity contribution in [3.8, 4) is 0 Å². The van der Waals surface area contributed by atoms with Crippen molar-refractivity contribution in [2.45, 2.75) is 65.0 Å². The van der Waals surface area contributed by atoms with Crippen molar-refractivity contribution in [1.29, 1.82) is 0 Å². The molecule has 10 heteroatoms. The van der Waals surface area contributed by atoms with Crippen LogP contribution in [0.3, 0.4) is 0 Å². The molecule has 2 atom stereocenters. The fraction of sp³-hybridized carbons (Fsp3) is 0.533. The third-order valence-corrected chi connectivity index (χ3v) is 6.62. The van der Waals surface area contributed by atoms with E-state index in [-0.39, 0.29) is 28.7 Å². The number of hydrogen-bond donors (Lipinski definition) is 4. The first-order valence-electron chi connectivity index (χ1n) is 13.4. The summed E-state index contributed by atoms with van der Waals surface area (Å²) in [4.78, 5) is 23.0. The maximum absolute atomic E-state index is 14.4. The van der Waals surface area contributed by atoms with E-state index in [0.717, 1.165) is 25.1 Å². The zero-order valence-electron chi connectivity index (χ0n) is 24.2. The third kappa shape index (κ3) is 11.3. The molecule has 2 aromatic rings. The van der Waals surface area contributed by atoms with Crippen LogP contribution in [0.15, 0.2) is 36.4 Å². The summed E-state index contributed by atoms with van der Waals surface area (Å²) in [5.41, 5.74) is 2.02. The maximum atomic E-state index is 14.4. The Balaban J connectivity index is 0.000000275. The first kappa shape index (κ1) is 34.0. The Labute approximate surface area is 247 Å². The van der Waals surface area contributed by atoms with E-state index >= 15 is 0 Å². The van der Waals surface area contributed by atoms with Crippen molar-refractivity contribution in [3.63, 3.8) is 0 Å². The average molecular weight is 598 g/mol. The molecule has 2 saturated heterocycles. The van der Waals surface area contributed by atoms with Gasteiger partial charge in [0.25, 0.3) is 0 Å². The number of hydrogen-bond acceptors (Lipinski definition) is 5. The molecule has 0 saturated carbocycles. The predicted octanol–water partition coefficient (Wildman–Crippen LogP) is 5.41. The van der Waals surface area contributed by atoms with Crippen LogP contribution in [0.5, 0.6) is 0 Å². The second kappa shape index (κ2) is 15.1. The minimum atomic E-state index is -0.633. The summed E-state index contributed by atoms with van der Waals surface area (Å²) in [6.45, 7) is 16.0. The first-order chi connectivity index (χ1) is 18.6. The number of rotatable bonds is 8. The van der Waals surface area contributed by atoms with Crippen molar-refractivity contribution in [1.82, 2.24) is 15.5 Å². The number of anilines is 1. The molecule has 2 aliphatic heterocycles. The molecule has 2 aliphatic rings. The minimum Gasteiger partial charge on any atom is -0.389 e. The van der Waals surface area contributed by atoms with Crippen molar-refractivity contribution < 1.29 is 19.1 Å². The van der Waals surface area contributed by atoms with Gasteiger partial charge in [0.15, 0.2) is 0 Å². The molecule has 2 fully saturated rings. The summed E-state index contributed by atoms with van der Waals surface area (Å²) in [7, 11) is 0. The lowest BCUT2D eigenvalue weighted by molar-refractivity contribution is -0.111. The molecule has 40 heavy (non-hydrogen) atoms. The molecule has 0 bridgehead atoms. The van der Waals surface area contributed by atoms with Gasteiger partial charge in [0, 0.05) is 55.3 Å². The van der Waals surface area contributed by atoms with E-state index in [1.165, 1.54) is 0 Å². The van der Waals surface area contributed by atoms with Crippen molar-refractivity contribution >= 4 is 41.7 Å². The zero-order chi connectivity index (χ0) is 30.1. The fourth-order valence-electron chi connectivity index (χ4n) is 4.63. The van der Waals surface area contributed by atoms with Crippen molar-refractivity contribution in [3.05, 3.63) is 63.4 Å². The molecule has 222 valence electrons. The molecule has 2 amide bonds. The van der Waals surface area contributed by atoms with Crippen LogP contribution in [0.1, 0.15) is 64.5 Å². The maximum Gasteiger partial charge on any atom is 0.211 e. The second-order valence-corrected chi connectivity index (χ2v) is 13.3. The number of amides is 2. The monoisotopic (exact) mass is 596 g/mol. The Morgan fingerprint density at radius 2 is 1.60 bits per heavy atom. The van der Waals surface area contributed by atoms with Crippen LogP contribution in [-0.4, -0.2) is 67.2 Å². The molecular weight excluding hydrogens is 554 g/mol. The summed E-state index contributed by atoms with van der Waals surface area (Å²) in [5.74, 6) is -0.434. The summed E-state index contributed by atoms with van der Waals surface area (Å²) in [6.07, 6.45) is 1.35. The highest BCUT2D eigenvalue weighted by Crippen LogP contribution is 2.41. The van der Waals surface area contributed by atoms with Gasteiger partial charge in [0.05, 0.1) is 16.7 Å². The molecule has 2 unspecified atom stereocenters. The molecule has 0 radical (unpaired) electrons. The van der Waals surface area contributed by atoms with Gasteiger partial charge in [-0.05, 0) is 48.6 Å². The Morgan fingerprint density at radius 3 is 2.15 bits per heavy atom. The highest BCUT2D eigenvalue weighted by atomic mass is 35.5. The van der Waals surface area contributed by atoms with Gasteiger partial charge in [0.1, 0.15) is 5.82 Å². The van der Waals surface area contributed by atoms with Gasteiger partial charge < -0.3 is 21.1 Å². The normalized spacial score (nSPS) is 19.4. The van der Waals surface area contributed by atoms with E-state index in [4.69, 9.17) is 23.2 Å². The summed E-state index contributed by atoms with van der Waals surface area (Å²) >= 11 is 11.9. The Hall–Kier alpha value is -2.23. The number of likely N-dealkylation sites (tertiary alicyclic amines) is 1. The lowest BCUT2D eigenvalue weighted by Gasteiger charge is -2.41. The van der Waals surface area contributed by atoms with E-state index in [1.54, 1.807) is 44.2 Å². The van der Waals surface area contributed by atoms with Gasteiger partial charge in [-0.15, -0.1) is 0 Å². The molecule has 7 nitrogen and oxygen atoms in total. The van der Waals surface area contributed by atoms with E-state index in [2.05, 4.69) is 48.5 Å². The highest BCUT2D eigenvalue weighted by Gasteiger charge is 2.33. The SMILES string of the molecule is CC(C)(C)C.CC(C)(O)CN1CC(NC=O)C1.O=CNc1cc(Cl)ccc1C1CNCC1c1cccc(Cl)c1F. The van der Waals surface area contributed by atoms with E-state index in [1.807, 2.05) is 6.07 Å². The Bertz CT molecular complexity index is 1110. The molecule has 0 aliphatic carbocycles. The predicted molar refractivity (Wildman–Crippen MR) is 162 cm³/mol. The quantitative estimate of drug-likeness (QED) is 0.306. The first-order valence-corrected chi connectivity index (χ1v) is 14.2. The fourth-order valence-corrected chi connectivity index (χ4v) is 4.98. The zero-order valence-corrected chi connectivity index (χ0v) is 25.7. The van der Waals surface area contributed by atoms with Gasteiger partial charge in [-0.3, -0.25) is 14.5 Å². The molecule has 2 heterocycles. The number of nitrogens with zero attached hydrogens (tertiary/aromatic N) is 1. The average Bonchev–Trinajstić information content (AvgIpc) is 3.28. The van der Waals surface area contributed by atoms with Crippen LogP contribution in [-0.2, 0) is 9.59 Å². The minimum absolute atomic E-state index is 0.0164. The molecule has 2 aromatic carbocycles. The topological polar surface area (TPSA) is 93.7 Å². The van der Waals surface area contributed by atoms with Gasteiger partial charge in [-0.25, -0.2) is 4.39 Å². The van der Waals surface area contributed by atoms with Crippen LogP contribution in [0.4, 0.5) is 10.1 Å². The van der Waals surface area contributed by atoms with E-state index in [9.17, 15) is 19.1 Å². The van der Waals surface area contributed by atoms with Crippen LogP contribution < -0.4 is 16.0 Å². The van der Waals surface area contributed by atoms with Crippen molar-refractivity contribution in [2.24, 2.45) is 5.41 Å². The summed E-state index contributed by atoms with van der Waals surface area (Å²) in [6, 6.07) is 10.7. The smallest absolute Gasteiger partial charge is 0.211 e. The van der Waals surface area contributed by atoms with Gasteiger partial charge in [-0.1, -0.05) is 69.1 Å². The lowest BCUT2D eigenvalue weighted by Crippen LogP contribution is -2.60. The Morgan fingerprint density at radius 1 is 1.00 bits per heavy atom. The Kier molecular flexibility index (Phi) is 12.8. The molecule has 4 rings (SSSR count). The van der Waals surface area contributed by atoms with Crippen LogP contribution in [0.25, 0.3) is 0 Å². The van der Waals surface area contributed by atoms with E-state index in [0.29, 0.717) is 47.7 Å². The molecule has 4 N–H and O–H groups in total. The number of aliphatic hydroxyl groups is 1. The lowest BCUT2D eigenvalue weighted by atomic mass is 9.83. The molecule has 0 aromatic heterocycles. The van der Waals surface area contributed by atoms with Crippen LogP contribution in [0, 0.1) is 11.2 Å². The summed E-state index contributed by atoms with van der Waals surface area (Å²) in [5, 5.41) is 18.8. The number of β-amino-alcohol motifs (C(OH)–C–C–N with tert-alkyl or cyclic N) is 1. The summed E-state index contributed by atoms with van der Waals surface area (Å²) < 4.78 is 14.4. The third-order valence-electron chi connectivity index (χ3n) is 6.10. The van der Waals surface area contributed by atoms with Gasteiger partial charge in [-0.2, -0.15) is 0 Å². The molecular formula is C30H43Cl2FN4O3. The largest absolute Gasteiger partial charge is 0.389 e. The van der Waals surface area contributed by atoms with E-state index < -0.39 is 5.60 Å². The number of benzene rings is 2. The molecule has 0 spiro atoms. The van der Waals surface area contributed by atoms with Crippen LogP contribution >= 0.6 is 23.2 Å². The second-order valence-electron chi connectivity index (χ2n) is 12.5. The van der Waals surface area contributed by atoms with Crippen LogP contribution in [0.2, 0.25) is 10.0 Å². The number of carbonyl (C=O) groups is 2. The highest BCUT2D eigenvalue weighted by molar-refractivity contribution is 6.31. The standard InChI is InChI=1S/C17H15Cl2FN2O.C8H16N2O2.C5H12/c18-10-4-5-11(16(6-10)22-9-23)13-7-21-8-14(13)12-2-1-3-15(19)17(12)20;1-8(2,12)5-10-3-7(4-10)9-6-11;1-5(2,3)4/h1-6,9,13-14,21H,7-8H2,(H,22,23);6-7,12H,3-5H2,1-2H3,(H,9,11);1-4H3. The van der Waals surface area contributed by atoms with Gasteiger partial charge in [0.2, 0.25) is 12.8 Å². The van der Waals surface area contributed by atoms with Gasteiger partial charge >= 0.3 is 0 Å². The number of halogens is 3.